The third-order valence-electron chi connectivity index (χ3n) is 3.94. The Hall–Kier alpha value is -1.40. The number of sulfonamides is 1. The summed E-state index contributed by atoms with van der Waals surface area (Å²) in [6.45, 7) is 0.791. The zero-order valence-electron chi connectivity index (χ0n) is 12.0. The Labute approximate surface area is 137 Å². The average Bonchev–Trinajstić information content (AvgIpc) is 2.92. The molecule has 1 aliphatic heterocycles. The van der Waals surface area contributed by atoms with E-state index in [-0.39, 0.29) is 24.4 Å². The third kappa shape index (κ3) is 3.17. The SMILES string of the molecule is Cl.N[C@@H]1CN(S(=O)(=O)c2ccccc2)C[C@H]1c1ccccc1. The van der Waals surface area contributed by atoms with Crippen LogP contribution in [-0.4, -0.2) is 31.9 Å². The third-order valence-corrected chi connectivity index (χ3v) is 5.79. The van der Waals surface area contributed by atoms with E-state index in [1.165, 1.54) is 4.31 Å². The molecule has 1 heterocycles. The average molecular weight is 339 g/mol. The van der Waals surface area contributed by atoms with E-state index < -0.39 is 10.0 Å². The Morgan fingerprint density at radius 1 is 0.909 bits per heavy atom. The first-order valence-electron chi connectivity index (χ1n) is 6.95. The van der Waals surface area contributed by atoms with Crippen LogP contribution >= 0.6 is 12.4 Å². The van der Waals surface area contributed by atoms with Crippen molar-refractivity contribution in [3.63, 3.8) is 0 Å². The zero-order valence-corrected chi connectivity index (χ0v) is 13.6. The second-order valence-electron chi connectivity index (χ2n) is 5.32. The molecule has 118 valence electrons. The smallest absolute Gasteiger partial charge is 0.243 e. The second-order valence-corrected chi connectivity index (χ2v) is 7.25. The topological polar surface area (TPSA) is 63.4 Å². The standard InChI is InChI=1S/C16H18N2O2S.ClH/c17-16-12-18(11-15(16)13-7-3-1-4-8-13)21(19,20)14-9-5-2-6-10-14;/h1-10,15-16H,11-12,17H2;1H/t15-,16+;/m0./s1. The van der Waals surface area contributed by atoms with Gasteiger partial charge in [-0.2, -0.15) is 4.31 Å². The molecule has 3 rings (SSSR count). The Morgan fingerprint density at radius 3 is 2.05 bits per heavy atom. The summed E-state index contributed by atoms with van der Waals surface area (Å²) < 4.78 is 26.7. The summed E-state index contributed by atoms with van der Waals surface area (Å²) in [4.78, 5) is 0.325. The molecule has 4 nitrogen and oxygen atoms in total. The molecule has 1 saturated heterocycles. The molecule has 2 aromatic rings. The summed E-state index contributed by atoms with van der Waals surface area (Å²) in [5.74, 6) is 0.0460. The van der Waals surface area contributed by atoms with Gasteiger partial charge in [0.15, 0.2) is 0 Å². The van der Waals surface area contributed by atoms with Gasteiger partial charge in [-0.1, -0.05) is 48.5 Å². The van der Waals surface area contributed by atoms with Crippen LogP contribution in [0.2, 0.25) is 0 Å². The van der Waals surface area contributed by atoms with Gasteiger partial charge in [-0.25, -0.2) is 8.42 Å². The molecule has 0 spiro atoms. The maximum absolute atomic E-state index is 12.6. The highest BCUT2D eigenvalue weighted by atomic mass is 35.5. The Morgan fingerprint density at radius 2 is 1.45 bits per heavy atom. The lowest BCUT2D eigenvalue weighted by Gasteiger charge is -2.16. The summed E-state index contributed by atoms with van der Waals surface area (Å²) in [6, 6.07) is 18.2. The number of benzene rings is 2. The molecule has 1 fully saturated rings. The van der Waals surface area contributed by atoms with Crippen LogP contribution in [0.3, 0.4) is 0 Å². The molecule has 0 amide bonds. The van der Waals surface area contributed by atoms with Gasteiger partial charge in [0, 0.05) is 25.0 Å². The summed E-state index contributed by atoms with van der Waals surface area (Å²) in [5, 5.41) is 0. The minimum absolute atomic E-state index is 0. The lowest BCUT2D eigenvalue weighted by Crippen LogP contribution is -2.32. The van der Waals surface area contributed by atoms with E-state index >= 15 is 0 Å². The molecule has 2 N–H and O–H groups in total. The lowest BCUT2D eigenvalue weighted by atomic mass is 9.95. The van der Waals surface area contributed by atoms with Crippen molar-refractivity contribution in [3.8, 4) is 0 Å². The minimum atomic E-state index is -3.46. The van der Waals surface area contributed by atoms with E-state index in [9.17, 15) is 8.42 Å². The molecular formula is C16H19ClN2O2S. The fraction of sp³-hybridized carbons (Fsp3) is 0.250. The van der Waals surface area contributed by atoms with Crippen molar-refractivity contribution in [3.05, 3.63) is 66.2 Å². The molecule has 0 aliphatic carbocycles. The summed E-state index contributed by atoms with van der Waals surface area (Å²) in [7, 11) is -3.46. The van der Waals surface area contributed by atoms with Gasteiger partial charge >= 0.3 is 0 Å². The normalized spacial score (nSPS) is 22.2. The van der Waals surface area contributed by atoms with E-state index in [4.69, 9.17) is 5.73 Å². The van der Waals surface area contributed by atoms with Gasteiger partial charge in [0.2, 0.25) is 10.0 Å². The van der Waals surface area contributed by atoms with Crippen molar-refractivity contribution >= 4 is 22.4 Å². The van der Waals surface area contributed by atoms with Crippen LogP contribution in [0.15, 0.2) is 65.6 Å². The van der Waals surface area contributed by atoms with Crippen molar-refractivity contribution in [2.75, 3.05) is 13.1 Å². The molecule has 0 saturated carbocycles. The minimum Gasteiger partial charge on any atom is -0.326 e. The highest BCUT2D eigenvalue weighted by Crippen LogP contribution is 2.30. The number of rotatable bonds is 3. The van der Waals surface area contributed by atoms with Crippen LogP contribution in [0, 0.1) is 0 Å². The molecule has 0 unspecified atom stereocenters. The van der Waals surface area contributed by atoms with Crippen LogP contribution in [-0.2, 0) is 10.0 Å². The molecule has 0 aromatic heterocycles. The molecule has 22 heavy (non-hydrogen) atoms. The molecule has 0 radical (unpaired) electrons. The van der Waals surface area contributed by atoms with Crippen LogP contribution in [0.25, 0.3) is 0 Å². The summed E-state index contributed by atoms with van der Waals surface area (Å²) in [6.07, 6.45) is 0. The van der Waals surface area contributed by atoms with Crippen LogP contribution in [0.1, 0.15) is 11.5 Å². The van der Waals surface area contributed by atoms with E-state index in [1.54, 1.807) is 24.3 Å². The summed E-state index contributed by atoms with van der Waals surface area (Å²) in [5.41, 5.74) is 7.26. The highest BCUT2D eigenvalue weighted by Gasteiger charge is 2.38. The maximum Gasteiger partial charge on any atom is 0.243 e. The van der Waals surface area contributed by atoms with Gasteiger partial charge in [-0.15, -0.1) is 12.4 Å². The zero-order chi connectivity index (χ0) is 14.9. The fourth-order valence-corrected chi connectivity index (χ4v) is 4.31. The maximum atomic E-state index is 12.6. The van der Waals surface area contributed by atoms with Crippen LogP contribution < -0.4 is 5.73 Å². The number of hydrogen-bond acceptors (Lipinski definition) is 3. The molecule has 2 aromatic carbocycles. The van der Waals surface area contributed by atoms with E-state index in [0.717, 1.165) is 5.56 Å². The second kappa shape index (κ2) is 6.79. The molecule has 2 atom stereocenters. The van der Waals surface area contributed by atoms with E-state index in [1.807, 2.05) is 36.4 Å². The number of nitrogens with zero attached hydrogens (tertiary/aromatic N) is 1. The van der Waals surface area contributed by atoms with Gasteiger partial charge in [0.05, 0.1) is 4.90 Å². The van der Waals surface area contributed by atoms with E-state index in [2.05, 4.69) is 0 Å². The van der Waals surface area contributed by atoms with Gasteiger partial charge in [-0.3, -0.25) is 0 Å². The quantitative estimate of drug-likeness (QED) is 0.933. The first kappa shape index (κ1) is 17.0. The van der Waals surface area contributed by atoms with Gasteiger partial charge in [-0.05, 0) is 17.7 Å². The Balaban J connectivity index is 0.00000176. The van der Waals surface area contributed by atoms with Crippen LogP contribution in [0.4, 0.5) is 0 Å². The number of hydrogen-bond donors (Lipinski definition) is 1. The van der Waals surface area contributed by atoms with Crippen molar-refractivity contribution in [1.29, 1.82) is 0 Å². The van der Waals surface area contributed by atoms with Crippen LogP contribution in [0.5, 0.6) is 0 Å². The molecule has 6 heteroatoms. The Kier molecular flexibility index (Phi) is 5.24. The fourth-order valence-electron chi connectivity index (χ4n) is 2.78. The first-order valence-corrected chi connectivity index (χ1v) is 8.39. The van der Waals surface area contributed by atoms with Gasteiger partial charge in [0.25, 0.3) is 0 Å². The monoisotopic (exact) mass is 338 g/mol. The largest absolute Gasteiger partial charge is 0.326 e. The number of halogens is 1. The van der Waals surface area contributed by atoms with E-state index in [0.29, 0.717) is 18.0 Å². The lowest BCUT2D eigenvalue weighted by molar-refractivity contribution is 0.470. The van der Waals surface area contributed by atoms with Crippen molar-refractivity contribution in [2.24, 2.45) is 5.73 Å². The summed E-state index contributed by atoms with van der Waals surface area (Å²) >= 11 is 0. The first-order chi connectivity index (χ1) is 10.1. The highest BCUT2D eigenvalue weighted by molar-refractivity contribution is 7.89. The predicted octanol–water partition coefficient (Wildman–Crippen LogP) is 2.22. The molecule has 0 bridgehead atoms. The molecular weight excluding hydrogens is 320 g/mol. The van der Waals surface area contributed by atoms with Crippen molar-refractivity contribution < 1.29 is 8.42 Å². The Bertz CT molecular complexity index is 707. The molecule has 1 aliphatic rings. The van der Waals surface area contributed by atoms with Gasteiger partial charge < -0.3 is 5.73 Å². The van der Waals surface area contributed by atoms with Crippen molar-refractivity contribution in [1.82, 2.24) is 4.31 Å². The van der Waals surface area contributed by atoms with Crippen molar-refractivity contribution in [2.45, 2.75) is 16.9 Å². The predicted molar refractivity (Wildman–Crippen MR) is 89.6 cm³/mol. The van der Waals surface area contributed by atoms with Gasteiger partial charge in [0.1, 0.15) is 0 Å². The number of nitrogens with two attached hydrogens (primary N) is 1.